The molecule has 0 bridgehead atoms. The van der Waals surface area contributed by atoms with Crippen LogP contribution in [0.4, 0.5) is 0 Å². The van der Waals surface area contributed by atoms with Crippen molar-refractivity contribution in [1.82, 2.24) is 9.80 Å². The van der Waals surface area contributed by atoms with Crippen LogP contribution in [0.3, 0.4) is 0 Å². The highest BCUT2D eigenvalue weighted by molar-refractivity contribution is 5.81. The van der Waals surface area contributed by atoms with E-state index in [-0.39, 0.29) is 11.9 Å². The largest absolute Gasteiger partial charge is 0.463 e. The Morgan fingerprint density at radius 3 is 2.41 bits per heavy atom. The molecule has 0 aliphatic carbocycles. The maximum absolute atomic E-state index is 11.1. The van der Waals surface area contributed by atoms with Crippen LogP contribution in [0.5, 0.6) is 0 Å². The molecular weight excluding hydrogens is 220 g/mol. The van der Waals surface area contributed by atoms with Crippen molar-refractivity contribution in [3.05, 3.63) is 12.2 Å². The van der Waals surface area contributed by atoms with Gasteiger partial charge < -0.3 is 9.64 Å². The van der Waals surface area contributed by atoms with E-state index in [1.54, 1.807) is 19.9 Å². The zero-order chi connectivity index (χ0) is 12.7. The number of esters is 1. The zero-order valence-electron chi connectivity index (χ0n) is 10.5. The Labute approximate surface area is 102 Å². The number of nitrogens with zero attached hydrogens (tertiary/aromatic N) is 2. The number of ether oxygens (including phenoxy) is 1. The van der Waals surface area contributed by atoms with Gasteiger partial charge in [0.05, 0.1) is 6.61 Å². The first-order valence-electron chi connectivity index (χ1n) is 5.94. The van der Waals surface area contributed by atoms with E-state index in [0.717, 1.165) is 32.7 Å². The molecule has 0 aromatic rings. The minimum absolute atomic E-state index is 0.131. The number of amides is 1. The van der Waals surface area contributed by atoms with Crippen LogP contribution in [0.25, 0.3) is 0 Å². The number of hydrogen-bond donors (Lipinski definition) is 0. The van der Waals surface area contributed by atoms with Crippen LogP contribution in [0.1, 0.15) is 13.8 Å². The van der Waals surface area contributed by atoms with Crippen LogP contribution in [0, 0.1) is 0 Å². The summed E-state index contributed by atoms with van der Waals surface area (Å²) in [4.78, 5) is 26.2. The van der Waals surface area contributed by atoms with Crippen molar-refractivity contribution in [1.29, 1.82) is 0 Å². The lowest BCUT2D eigenvalue weighted by molar-refractivity contribution is -0.137. The van der Waals surface area contributed by atoms with Crippen LogP contribution < -0.4 is 0 Å². The standard InChI is InChI=1S/C12H20N2O3/c1-3-17-12(16)5-4-6-13-7-9-14(10-8-13)11(2)15/h4-5H,3,6-10H2,1-2H3/b5-4+. The predicted octanol–water partition coefficient (Wildman–Crippen LogP) is 0.270. The second-order valence-electron chi connectivity index (χ2n) is 3.96. The van der Waals surface area contributed by atoms with E-state index in [1.165, 1.54) is 6.08 Å². The molecule has 1 saturated heterocycles. The number of carbonyl (C=O) groups is 2. The van der Waals surface area contributed by atoms with Gasteiger partial charge in [0.2, 0.25) is 5.91 Å². The summed E-state index contributed by atoms with van der Waals surface area (Å²) in [6.07, 6.45) is 3.27. The minimum Gasteiger partial charge on any atom is -0.463 e. The van der Waals surface area contributed by atoms with Gasteiger partial charge in [0.25, 0.3) is 0 Å². The Hall–Kier alpha value is -1.36. The van der Waals surface area contributed by atoms with Crippen molar-refractivity contribution in [2.24, 2.45) is 0 Å². The molecule has 1 fully saturated rings. The summed E-state index contributed by atoms with van der Waals surface area (Å²) < 4.78 is 4.78. The summed E-state index contributed by atoms with van der Waals surface area (Å²) >= 11 is 0. The lowest BCUT2D eigenvalue weighted by Gasteiger charge is -2.33. The van der Waals surface area contributed by atoms with Gasteiger partial charge in [-0.15, -0.1) is 0 Å². The zero-order valence-corrected chi connectivity index (χ0v) is 10.5. The summed E-state index contributed by atoms with van der Waals surface area (Å²) in [5, 5.41) is 0. The highest BCUT2D eigenvalue weighted by Crippen LogP contribution is 2.01. The second-order valence-corrected chi connectivity index (χ2v) is 3.96. The Morgan fingerprint density at radius 2 is 1.88 bits per heavy atom. The first kappa shape index (κ1) is 13.7. The molecule has 0 atom stereocenters. The van der Waals surface area contributed by atoms with E-state index in [4.69, 9.17) is 4.74 Å². The van der Waals surface area contributed by atoms with Crippen LogP contribution >= 0.6 is 0 Å². The van der Waals surface area contributed by atoms with Crippen molar-refractivity contribution in [3.63, 3.8) is 0 Å². The van der Waals surface area contributed by atoms with E-state index in [0.29, 0.717) is 6.61 Å². The summed E-state index contributed by atoms with van der Waals surface area (Å²) in [6, 6.07) is 0. The van der Waals surface area contributed by atoms with Crippen molar-refractivity contribution in [2.75, 3.05) is 39.3 Å². The highest BCUT2D eigenvalue weighted by Gasteiger charge is 2.17. The number of hydrogen-bond acceptors (Lipinski definition) is 4. The third-order valence-electron chi connectivity index (χ3n) is 2.72. The minimum atomic E-state index is -0.296. The molecule has 96 valence electrons. The molecule has 17 heavy (non-hydrogen) atoms. The molecule has 0 unspecified atom stereocenters. The van der Waals surface area contributed by atoms with Gasteiger partial charge in [0.15, 0.2) is 0 Å². The van der Waals surface area contributed by atoms with Crippen molar-refractivity contribution in [3.8, 4) is 0 Å². The third kappa shape index (κ3) is 4.99. The summed E-state index contributed by atoms with van der Waals surface area (Å²) in [5.74, 6) is -0.165. The fourth-order valence-electron chi connectivity index (χ4n) is 1.73. The molecule has 1 aliphatic heterocycles. The lowest BCUT2D eigenvalue weighted by Crippen LogP contribution is -2.47. The molecule has 5 heteroatoms. The van der Waals surface area contributed by atoms with Gasteiger partial charge in [-0.25, -0.2) is 4.79 Å². The van der Waals surface area contributed by atoms with Gasteiger partial charge in [-0.05, 0) is 6.92 Å². The van der Waals surface area contributed by atoms with Gasteiger partial charge in [0, 0.05) is 45.7 Å². The predicted molar refractivity (Wildman–Crippen MR) is 64.5 cm³/mol. The van der Waals surface area contributed by atoms with Gasteiger partial charge in [0.1, 0.15) is 0 Å². The van der Waals surface area contributed by atoms with E-state index in [1.807, 2.05) is 4.90 Å². The van der Waals surface area contributed by atoms with Crippen LogP contribution in [0.15, 0.2) is 12.2 Å². The number of rotatable bonds is 4. The Balaban J connectivity index is 2.22. The Bertz CT molecular complexity index is 294. The summed E-state index contributed by atoms with van der Waals surface area (Å²) in [5.41, 5.74) is 0. The maximum Gasteiger partial charge on any atom is 0.330 e. The van der Waals surface area contributed by atoms with Crippen LogP contribution in [-0.2, 0) is 14.3 Å². The lowest BCUT2D eigenvalue weighted by atomic mass is 10.3. The fraction of sp³-hybridized carbons (Fsp3) is 0.667. The summed E-state index contributed by atoms with van der Waals surface area (Å²) in [6.45, 7) is 7.75. The van der Waals surface area contributed by atoms with Crippen molar-refractivity contribution >= 4 is 11.9 Å². The molecule has 1 heterocycles. The molecular formula is C12H20N2O3. The van der Waals surface area contributed by atoms with E-state index >= 15 is 0 Å². The van der Waals surface area contributed by atoms with Crippen molar-refractivity contribution < 1.29 is 14.3 Å². The molecule has 5 nitrogen and oxygen atoms in total. The Morgan fingerprint density at radius 1 is 1.24 bits per heavy atom. The molecule has 0 aromatic carbocycles. The third-order valence-corrected chi connectivity index (χ3v) is 2.72. The first-order valence-corrected chi connectivity index (χ1v) is 5.94. The van der Waals surface area contributed by atoms with Gasteiger partial charge in [-0.2, -0.15) is 0 Å². The average molecular weight is 240 g/mol. The first-order chi connectivity index (χ1) is 8.13. The normalized spacial score (nSPS) is 17.4. The molecule has 0 N–H and O–H groups in total. The monoisotopic (exact) mass is 240 g/mol. The topological polar surface area (TPSA) is 49.9 Å². The summed E-state index contributed by atoms with van der Waals surface area (Å²) in [7, 11) is 0. The number of carbonyl (C=O) groups excluding carboxylic acids is 2. The van der Waals surface area contributed by atoms with Gasteiger partial charge in [-0.3, -0.25) is 9.69 Å². The van der Waals surface area contributed by atoms with Crippen LogP contribution in [0.2, 0.25) is 0 Å². The quantitative estimate of drug-likeness (QED) is 0.523. The SMILES string of the molecule is CCOC(=O)/C=C/CN1CCN(C(C)=O)CC1. The Kier molecular flexibility index (Phi) is 5.69. The van der Waals surface area contributed by atoms with Gasteiger partial charge in [-0.1, -0.05) is 6.08 Å². The molecule has 1 aliphatic rings. The smallest absolute Gasteiger partial charge is 0.330 e. The van der Waals surface area contributed by atoms with E-state index in [9.17, 15) is 9.59 Å². The molecule has 0 radical (unpaired) electrons. The maximum atomic E-state index is 11.1. The molecule has 0 aromatic heterocycles. The molecule has 0 saturated carbocycles. The van der Waals surface area contributed by atoms with E-state index in [2.05, 4.69) is 4.90 Å². The molecule has 1 rings (SSSR count). The second kappa shape index (κ2) is 7.06. The average Bonchev–Trinajstić information content (AvgIpc) is 2.30. The molecule has 1 amide bonds. The van der Waals surface area contributed by atoms with E-state index < -0.39 is 0 Å². The molecule has 0 spiro atoms. The van der Waals surface area contributed by atoms with Gasteiger partial charge >= 0.3 is 5.97 Å². The number of piperazine rings is 1. The van der Waals surface area contributed by atoms with Crippen molar-refractivity contribution in [2.45, 2.75) is 13.8 Å². The van der Waals surface area contributed by atoms with Crippen LogP contribution in [-0.4, -0.2) is 61.0 Å². The fourth-order valence-corrected chi connectivity index (χ4v) is 1.73. The highest BCUT2D eigenvalue weighted by atomic mass is 16.5.